The Morgan fingerprint density at radius 2 is 2.00 bits per heavy atom. The lowest BCUT2D eigenvalue weighted by molar-refractivity contribution is -0.137. The molecule has 0 bridgehead atoms. The van der Waals surface area contributed by atoms with Crippen molar-refractivity contribution < 1.29 is 9.90 Å². The third-order valence-electron chi connectivity index (χ3n) is 2.30. The highest BCUT2D eigenvalue weighted by molar-refractivity contribution is 9.11. The summed E-state index contributed by atoms with van der Waals surface area (Å²) in [7, 11) is 0. The molecule has 0 saturated heterocycles. The number of carboxylic acid groups (broad SMARTS) is 1. The van der Waals surface area contributed by atoms with E-state index >= 15 is 0 Å². The highest BCUT2D eigenvalue weighted by Crippen LogP contribution is 2.13. The first-order chi connectivity index (χ1) is 8.00. The molecule has 0 aliphatic rings. The van der Waals surface area contributed by atoms with Crippen molar-refractivity contribution in [3.8, 4) is 0 Å². The molecule has 0 aliphatic carbocycles. The largest absolute Gasteiger partial charge is 0.481 e. The maximum absolute atomic E-state index is 11.7. The van der Waals surface area contributed by atoms with Crippen LogP contribution in [0.1, 0.15) is 25.7 Å². The van der Waals surface area contributed by atoms with Crippen molar-refractivity contribution in [1.29, 1.82) is 0 Å². The van der Waals surface area contributed by atoms with Gasteiger partial charge in [-0.2, -0.15) is 0 Å². The zero-order valence-electron chi connectivity index (χ0n) is 9.16. The van der Waals surface area contributed by atoms with Gasteiger partial charge < -0.3 is 9.67 Å². The van der Waals surface area contributed by atoms with Crippen molar-refractivity contribution in [3.05, 3.63) is 31.6 Å². The number of aliphatic carboxylic acids is 1. The Kier molecular flexibility index (Phi) is 5.91. The van der Waals surface area contributed by atoms with Gasteiger partial charge in [-0.25, -0.2) is 0 Å². The molecular formula is C11H13Br2NO3. The fourth-order valence-corrected chi connectivity index (χ4v) is 2.72. The molecule has 6 heteroatoms. The maximum atomic E-state index is 11.7. The molecule has 94 valence electrons. The molecule has 1 rings (SSSR count). The van der Waals surface area contributed by atoms with Gasteiger partial charge >= 0.3 is 5.97 Å². The average molecular weight is 367 g/mol. The number of carboxylic acids is 1. The molecule has 1 aromatic rings. The Hall–Kier alpha value is -0.620. The highest BCUT2D eigenvalue weighted by Gasteiger charge is 2.03. The van der Waals surface area contributed by atoms with E-state index < -0.39 is 5.97 Å². The van der Waals surface area contributed by atoms with E-state index in [9.17, 15) is 9.59 Å². The molecule has 0 fully saturated rings. The van der Waals surface area contributed by atoms with Crippen molar-refractivity contribution in [1.82, 2.24) is 4.57 Å². The Morgan fingerprint density at radius 1 is 1.29 bits per heavy atom. The highest BCUT2D eigenvalue weighted by atomic mass is 79.9. The Balaban J connectivity index is 2.47. The molecule has 0 spiro atoms. The number of carbonyl (C=O) groups is 1. The van der Waals surface area contributed by atoms with E-state index in [1.807, 2.05) is 0 Å². The summed E-state index contributed by atoms with van der Waals surface area (Å²) in [6.07, 6.45) is 4.19. The van der Waals surface area contributed by atoms with Crippen LogP contribution in [-0.2, 0) is 11.3 Å². The molecule has 0 atom stereocenters. The SMILES string of the molecule is O=C(O)CCCCCn1cc(Br)cc(Br)c1=O. The van der Waals surface area contributed by atoms with Crippen LogP contribution in [0, 0.1) is 0 Å². The predicted octanol–water partition coefficient (Wildman–Crippen LogP) is 3.02. The quantitative estimate of drug-likeness (QED) is 0.787. The van der Waals surface area contributed by atoms with Crippen molar-refractivity contribution >= 4 is 37.8 Å². The molecule has 0 radical (unpaired) electrons. The van der Waals surface area contributed by atoms with Crippen molar-refractivity contribution in [2.75, 3.05) is 0 Å². The predicted molar refractivity (Wildman–Crippen MR) is 72.2 cm³/mol. The fraction of sp³-hybridized carbons (Fsp3) is 0.455. The third kappa shape index (κ3) is 5.04. The van der Waals surface area contributed by atoms with Gasteiger partial charge in [0.05, 0.1) is 4.47 Å². The van der Waals surface area contributed by atoms with Crippen LogP contribution in [0.4, 0.5) is 0 Å². The van der Waals surface area contributed by atoms with Gasteiger partial charge in [0, 0.05) is 23.6 Å². The maximum Gasteiger partial charge on any atom is 0.303 e. The van der Waals surface area contributed by atoms with E-state index in [0.29, 0.717) is 17.4 Å². The first-order valence-corrected chi connectivity index (χ1v) is 6.86. The van der Waals surface area contributed by atoms with Gasteiger partial charge in [-0.1, -0.05) is 6.42 Å². The van der Waals surface area contributed by atoms with Crippen LogP contribution in [0.25, 0.3) is 0 Å². The smallest absolute Gasteiger partial charge is 0.303 e. The number of aryl methyl sites for hydroxylation is 1. The summed E-state index contributed by atoms with van der Waals surface area (Å²) in [6.45, 7) is 0.608. The van der Waals surface area contributed by atoms with E-state index in [1.54, 1.807) is 16.8 Å². The number of unbranched alkanes of at least 4 members (excludes halogenated alkanes) is 2. The zero-order valence-corrected chi connectivity index (χ0v) is 12.3. The first-order valence-electron chi connectivity index (χ1n) is 5.28. The van der Waals surface area contributed by atoms with Crippen molar-refractivity contribution in [2.45, 2.75) is 32.2 Å². The molecule has 0 amide bonds. The molecular weight excluding hydrogens is 354 g/mol. The lowest BCUT2D eigenvalue weighted by Crippen LogP contribution is -2.20. The van der Waals surface area contributed by atoms with E-state index in [1.165, 1.54) is 0 Å². The molecule has 1 N–H and O–H groups in total. The van der Waals surface area contributed by atoms with Gasteiger partial charge in [-0.3, -0.25) is 9.59 Å². The molecule has 0 aliphatic heterocycles. The van der Waals surface area contributed by atoms with E-state index in [-0.39, 0.29) is 12.0 Å². The van der Waals surface area contributed by atoms with E-state index in [4.69, 9.17) is 5.11 Å². The van der Waals surface area contributed by atoms with Crippen molar-refractivity contribution in [2.24, 2.45) is 0 Å². The monoisotopic (exact) mass is 365 g/mol. The zero-order chi connectivity index (χ0) is 12.8. The minimum Gasteiger partial charge on any atom is -0.481 e. The summed E-state index contributed by atoms with van der Waals surface area (Å²) in [5.74, 6) is -0.771. The number of aromatic nitrogens is 1. The molecule has 4 nitrogen and oxygen atoms in total. The molecule has 1 heterocycles. The third-order valence-corrected chi connectivity index (χ3v) is 3.30. The number of nitrogens with zero attached hydrogens (tertiary/aromatic N) is 1. The molecule has 17 heavy (non-hydrogen) atoms. The number of hydrogen-bond acceptors (Lipinski definition) is 2. The van der Waals surface area contributed by atoms with E-state index in [0.717, 1.165) is 17.3 Å². The van der Waals surface area contributed by atoms with Gasteiger partial charge in [0.2, 0.25) is 0 Å². The molecule has 0 unspecified atom stereocenters. The summed E-state index contributed by atoms with van der Waals surface area (Å²) >= 11 is 6.52. The number of halogens is 2. The lowest BCUT2D eigenvalue weighted by Gasteiger charge is -2.06. The Labute approximate surface area is 116 Å². The number of pyridine rings is 1. The van der Waals surface area contributed by atoms with Crippen LogP contribution < -0.4 is 5.56 Å². The van der Waals surface area contributed by atoms with Crippen LogP contribution in [-0.4, -0.2) is 15.6 Å². The van der Waals surface area contributed by atoms with Gasteiger partial charge in [0.25, 0.3) is 5.56 Å². The molecule has 1 aromatic heterocycles. The standard InChI is InChI=1S/C11H13Br2NO3/c12-8-6-9(13)11(17)14(7-8)5-3-1-2-4-10(15)16/h6-7H,1-5H2,(H,15,16). The summed E-state index contributed by atoms with van der Waals surface area (Å²) in [5.41, 5.74) is -0.0635. The normalized spacial score (nSPS) is 10.5. The summed E-state index contributed by atoms with van der Waals surface area (Å²) in [4.78, 5) is 22.0. The second-order valence-corrected chi connectivity index (χ2v) is 5.48. The van der Waals surface area contributed by atoms with Crippen LogP contribution in [0.2, 0.25) is 0 Å². The second-order valence-electron chi connectivity index (χ2n) is 3.71. The lowest BCUT2D eigenvalue weighted by atomic mass is 10.2. The Bertz CT molecular complexity index is 457. The minimum atomic E-state index is -0.771. The average Bonchev–Trinajstić information content (AvgIpc) is 2.23. The molecule has 0 aromatic carbocycles. The van der Waals surface area contributed by atoms with Crippen LogP contribution >= 0.6 is 31.9 Å². The summed E-state index contributed by atoms with van der Waals surface area (Å²) < 4.78 is 2.99. The second kappa shape index (κ2) is 6.96. The van der Waals surface area contributed by atoms with Gasteiger partial charge in [0.1, 0.15) is 0 Å². The summed E-state index contributed by atoms with van der Waals surface area (Å²) in [6, 6.07) is 1.71. The number of rotatable bonds is 6. The van der Waals surface area contributed by atoms with Gasteiger partial charge in [0.15, 0.2) is 0 Å². The van der Waals surface area contributed by atoms with E-state index in [2.05, 4.69) is 31.9 Å². The van der Waals surface area contributed by atoms with Crippen LogP contribution in [0.3, 0.4) is 0 Å². The topological polar surface area (TPSA) is 59.3 Å². The molecule has 0 saturated carbocycles. The van der Waals surface area contributed by atoms with Gasteiger partial charge in [-0.15, -0.1) is 0 Å². The first kappa shape index (κ1) is 14.4. The number of hydrogen-bond donors (Lipinski definition) is 1. The Morgan fingerprint density at radius 3 is 2.65 bits per heavy atom. The fourth-order valence-electron chi connectivity index (χ4n) is 1.47. The van der Waals surface area contributed by atoms with Crippen molar-refractivity contribution in [3.63, 3.8) is 0 Å². The summed E-state index contributed by atoms with van der Waals surface area (Å²) in [5, 5.41) is 8.48. The van der Waals surface area contributed by atoms with Crippen LogP contribution in [0.15, 0.2) is 26.0 Å². The minimum absolute atomic E-state index is 0.0635. The van der Waals surface area contributed by atoms with Crippen LogP contribution in [0.5, 0.6) is 0 Å². The van der Waals surface area contributed by atoms with Gasteiger partial charge in [-0.05, 0) is 50.8 Å².